The fraction of sp³-hybridized carbons (Fsp3) is 0. The second kappa shape index (κ2) is 7.18. The standard InChI is InChI=1S/C40H22N2/c1-2-10-26(11-3-1)41-35-16-7-6-13-28(35)31-19-23(17-18-36(31)41)25-21-32-29-14-8-15-30-33-20-24-9-4-5-12-27(24)37-34(22-25)39(32)42(38(29)30)40(33)37/h1-22H. The Kier molecular flexibility index (Phi) is 3.62. The van der Waals surface area contributed by atoms with Gasteiger partial charge in [0.15, 0.2) is 0 Å². The fourth-order valence-corrected chi connectivity index (χ4v) is 8.05. The van der Waals surface area contributed by atoms with E-state index >= 15 is 0 Å². The van der Waals surface area contributed by atoms with Crippen LogP contribution in [-0.4, -0.2) is 8.97 Å². The summed E-state index contributed by atoms with van der Waals surface area (Å²) in [5, 5.41) is 13.3. The molecule has 11 rings (SSSR count). The summed E-state index contributed by atoms with van der Waals surface area (Å²) in [6.45, 7) is 0. The molecule has 11 aromatic rings. The second-order valence-electron chi connectivity index (χ2n) is 11.7. The van der Waals surface area contributed by atoms with Gasteiger partial charge in [-0.3, -0.25) is 0 Å². The molecule has 0 saturated heterocycles. The quantitative estimate of drug-likeness (QED) is 0.210. The Hall–Kier alpha value is -5.60. The van der Waals surface area contributed by atoms with E-state index < -0.39 is 0 Å². The molecule has 4 heterocycles. The van der Waals surface area contributed by atoms with Crippen LogP contribution in [0.3, 0.4) is 0 Å². The lowest BCUT2D eigenvalue weighted by Gasteiger charge is -2.08. The lowest BCUT2D eigenvalue weighted by molar-refractivity contribution is 1.18. The van der Waals surface area contributed by atoms with Gasteiger partial charge in [-0.25, -0.2) is 0 Å². The maximum Gasteiger partial charge on any atom is 0.0627 e. The van der Waals surface area contributed by atoms with Crippen molar-refractivity contribution in [3.63, 3.8) is 0 Å². The smallest absolute Gasteiger partial charge is 0.0627 e. The Labute approximate surface area is 240 Å². The van der Waals surface area contributed by atoms with E-state index in [-0.39, 0.29) is 0 Å². The number of hydrogen-bond donors (Lipinski definition) is 0. The molecular formula is C40H22N2. The average Bonchev–Trinajstić information content (AvgIpc) is 3.77. The van der Waals surface area contributed by atoms with E-state index in [1.165, 1.54) is 98.3 Å². The van der Waals surface area contributed by atoms with Crippen LogP contribution < -0.4 is 0 Å². The molecule has 0 saturated carbocycles. The molecule has 0 atom stereocenters. The topological polar surface area (TPSA) is 9.34 Å². The molecule has 7 aromatic carbocycles. The summed E-state index contributed by atoms with van der Waals surface area (Å²) in [6.07, 6.45) is 0. The molecule has 42 heavy (non-hydrogen) atoms. The molecule has 0 bridgehead atoms. The van der Waals surface area contributed by atoms with Gasteiger partial charge in [0.2, 0.25) is 0 Å². The molecule has 2 heteroatoms. The van der Waals surface area contributed by atoms with Gasteiger partial charge in [0.25, 0.3) is 0 Å². The van der Waals surface area contributed by atoms with Crippen LogP contribution in [0.5, 0.6) is 0 Å². The summed E-state index contributed by atoms with van der Waals surface area (Å²) in [6, 6.07) is 49.5. The largest absolute Gasteiger partial charge is 0.309 e. The summed E-state index contributed by atoms with van der Waals surface area (Å²) in [7, 11) is 0. The summed E-state index contributed by atoms with van der Waals surface area (Å²) in [4.78, 5) is 0. The van der Waals surface area contributed by atoms with Crippen LogP contribution in [0.4, 0.5) is 0 Å². The van der Waals surface area contributed by atoms with Gasteiger partial charge in [0.1, 0.15) is 0 Å². The molecule has 192 valence electrons. The Bertz CT molecular complexity index is 2830. The van der Waals surface area contributed by atoms with Crippen LogP contribution in [-0.2, 0) is 0 Å². The number of benzene rings is 7. The molecule has 0 unspecified atom stereocenters. The Morgan fingerprint density at radius 1 is 0.357 bits per heavy atom. The zero-order valence-corrected chi connectivity index (χ0v) is 22.6. The zero-order valence-electron chi connectivity index (χ0n) is 22.6. The number of aromatic nitrogens is 2. The van der Waals surface area contributed by atoms with Crippen molar-refractivity contribution in [2.45, 2.75) is 0 Å². The van der Waals surface area contributed by atoms with E-state index in [0.29, 0.717) is 0 Å². The monoisotopic (exact) mass is 530 g/mol. The third kappa shape index (κ3) is 2.36. The molecule has 0 N–H and O–H groups in total. The molecule has 2 nitrogen and oxygen atoms in total. The molecule has 0 amide bonds. The summed E-state index contributed by atoms with van der Waals surface area (Å²) >= 11 is 0. The highest BCUT2D eigenvalue weighted by molar-refractivity contribution is 6.38. The van der Waals surface area contributed by atoms with Crippen molar-refractivity contribution in [3.8, 4) is 16.8 Å². The van der Waals surface area contributed by atoms with Crippen molar-refractivity contribution < 1.29 is 0 Å². The van der Waals surface area contributed by atoms with Gasteiger partial charge in [-0.15, -0.1) is 0 Å². The van der Waals surface area contributed by atoms with Gasteiger partial charge in [0, 0.05) is 48.8 Å². The highest BCUT2D eigenvalue weighted by atomic mass is 15.0. The van der Waals surface area contributed by atoms with Gasteiger partial charge in [0.05, 0.1) is 27.6 Å². The van der Waals surface area contributed by atoms with Crippen molar-refractivity contribution in [1.82, 2.24) is 8.97 Å². The van der Waals surface area contributed by atoms with Crippen LogP contribution in [0.25, 0.3) is 98.3 Å². The highest BCUT2D eigenvalue weighted by Crippen LogP contribution is 2.50. The Balaban J connectivity index is 1.28. The van der Waals surface area contributed by atoms with E-state index in [4.69, 9.17) is 0 Å². The third-order valence-corrected chi connectivity index (χ3v) is 9.71. The average molecular weight is 531 g/mol. The van der Waals surface area contributed by atoms with E-state index in [1.807, 2.05) is 0 Å². The van der Waals surface area contributed by atoms with Gasteiger partial charge in [-0.1, -0.05) is 84.9 Å². The number of hydrogen-bond acceptors (Lipinski definition) is 0. The van der Waals surface area contributed by atoms with Crippen LogP contribution >= 0.6 is 0 Å². The number of para-hydroxylation sites is 3. The van der Waals surface area contributed by atoms with Crippen molar-refractivity contribution in [2.75, 3.05) is 0 Å². The minimum Gasteiger partial charge on any atom is -0.309 e. The third-order valence-electron chi connectivity index (χ3n) is 9.71. The van der Waals surface area contributed by atoms with Gasteiger partial charge in [-0.05, 0) is 70.4 Å². The van der Waals surface area contributed by atoms with Gasteiger partial charge in [-0.2, -0.15) is 0 Å². The second-order valence-corrected chi connectivity index (χ2v) is 11.7. The summed E-state index contributed by atoms with van der Waals surface area (Å²) < 4.78 is 4.94. The molecule has 0 spiro atoms. The lowest BCUT2D eigenvalue weighted by atomic mass is 9.97. The maximum atomic E-state index is 2.55. The van der Waals surface area contributed by atoms with E-state index in [2.05, 4.69) is 142 Å². The first-order valence-electron chi connectivity index (χ1n) is 14.6. The van der Waals surface area contributed by atoms with Crippen molar-refractivity contribution in [3.05, 3.63) is 133 Å². The first kappa shape index (κ1) is 21.2. The normalized spacial score (nSPS) is 12.8. The van der Waals surface area contributed by atoms with Crippen LogP contribution in [0.2, 0.25) is 0 Å². The number of nitrogens with zero attached hydrogens (tertiary/aromatic N) is 2. The molecule has 0 aliphatic rings. The predicted octanol–water partition coefficient (Wildman–Crippen LogP) is 10.8. The van der Waals surface area contributed by atoms with E-state index in [1.54, 1.807) is 0 Å². The molecule has 4 aromatic heterocycles. The fourth-order valence-electron chi connectivity index (χ4n) is 8.05. The first-order valence-corrected chi connectivity index (χ1v) is 14.6. The van der Waals surface area contributed by atoms with Crippen molar-refractivity contribution in [2.24, 2.45) is 0 Å². The number of rotatable bonds is 2. The van der Waals surface area contributed by atoms with Crippen LogP contribution in [0.15, 0.2) is 133 Å². The van der Waals surface area contributed by atoms with E-state index in [9.17, 15) is 0 Å². The van der Waals surface area contributed by atoms with Crippen LogP contribution in [0, 0.1) is 0 Å². The van der Waals surface area contributed by atoms with Crippen molar-refractivity contribution >= 4 is 81.4 Å². The minimum absolute atomic E-state index is 1.19. The Morgan fingerprint density at radius 2 is 1.00 bits per heavy atom. The Morgan fingerprint density at radius 3 is 1.88 bits per heavy atom. The SMILES string of the molecule is c1ccc(-n2c3ccccc3c3cc(-c4cc5c6cccc7c8cc9ccccc9c9c(c4)c5n(c67)c89)ccc32)cc1. The molecule has 0 fully saturated rings. The summed E-state index contributed by atoms with van der Waals surface area (Å²) in [5.74, 6) is 0. The van der Waals surface area contributed by atoms with Crippen molar-refractivity contribution in [1.29, 1.82) is 0 Å². The molecule has 0 radical (unpaired) electrons. The van der Waals surface area contributed by atoms with E-state index in [0.717, 1.165) is 0 Å². The van der Waals surface area contributed by atoms with Crippen LogP contribution in [0.1, 0.15) is 0 Å². The molecule has 0 aliphatic heterocycles. The zero-order chi connectivity index (χ0) is 27.1. The van der Waals surface area contributed by atoms with Gasteiger partial charge >= 0.3 is 0 Å². The van der Waals surface area contributed by atoms with Gasteiger partial charge < -0.3 is 8.97 Å². The highest BCUT2D eigenvalue weighted by Gasteiger charge is 2.26. The molecular weight excluding hydrogens is 508 g/mol. The lowest BCUT2D eigenvalue weighted by Crippen LogP contribution is -1.92. The maximum absolute atomic E-state index is 2.55. The minimum atomic E-state index is 1.19. The summed E-state index contributed by atoms with van der Waals surface area (Å²) in [5.41, 5.74) is 10.3. The predicted molar refractivity (Wildman–Crippen MR) is 178 cm³/mol. The molecule has 0 aliphatic carbocycles. The number of fused-ring (bicyclic) bond motifs is 8. The first-order chi connectivity index (χ1) is 20.8.